The summed E-state index contributed by atoms with van der Waals surface area (Å²) in [4.78, 5) is 4.21. The maximum absolute atomic E-state index is 4.21. The number of hydrogen-bond acceptors (Lipinski definition) is 1. The van der Waals surface area contributed by atoms with Crippen molar-refractivity contribution >= 4 is 0 Å². The van der Waals surface area contributed by atoms with E-state index >= 15 is 0 Å². The summed E-state index contributed by atoms with van der Waals surface area (Å²) in [6.07, 6.45) is 7.85. The third kappa shape index (κ3) is 1.68. The van der Waals surface area contributed by atoms with E-state index < -0.39 is 0 Å². The van der Waals surface area contributed by atoms with Crippen LogP contribution in [0.4, 0.5) is 0 Å². The van der Waals surface area contributed by atoms with Gasteiger partial charge in [-0.15, -0.1) is 0 Å². The lowest BCUT2D eigenvalue weighted by Crippen LogP contribution is -2.23. The van der Waals surface area contributed by atoms with Gasteiger partial charge in [0, 0.05) is 12.4 Å². The van der Waals surface area contributed by atoms with Crippen molar-refractivity contribution in [2.75, 3.05) is 0 Å². The molecule has 1 aliphatic carbocycles. The lowest BCUT2D eigenvalue weighted by atomic mass is 9.70. The predicted octanol–water partition coefficient (Wildman–Crippen LogP) is 3.55. The smallest absolute Gasteiger partial charge is 0.0302 e. The minimum atomic E-state index is 0.385. The van der Waals surface area contributed by atoms with Gasteiger partial charge in [0.15, 0.2) is 0 Å². The van der Waals surface area contributed by atoms with Crippen LogP contribution in [0.2, 0.25) is 0 Å². The second-order valence-corrected chi connectivity index (χ2v) is 5.39. The van der Waals surface area contributed by atoms with Gasteiger partial charge >= 0.3 is 0 Å². The third-order valence-electron chi connectivity index (χ3n) is 3.30. The van der Waals surface area contributed by atoms with Gasteiger partial charge in [0.25, 0.3) is 0 Å². The van der Waals surface area contributed by atoms with Crippen LogP contribution >= 0.6 is 0 Å². The van der Waals surface area contributed by atoms with Gasteiger partial charge in [-0.05, 0) is 47.8 Å². The molecule has 76 valence electrons. The first-order valence-corrected chi connectivity index (χ1v) is 5.52. The average Bonchev–Trinajstić information content (AvgIpc) is 2.15. The van der Waals surface area contributed by atoms with E-state index in [0.29, 0.717) is 11.3 Å². The molecular weight excluding hydrogens is 170 g/mol. The summed E-state index contributed by atoms with van der Waals surface area (Å²) in [5, 5.41) is 0. The van der Waals surface area contributed by atoms with Crippen LogP contribution in [0.5, 0.6) is 0 Å². The number of fused-ring (bicyclic) bond motifs is 1. The molecule has 0 aromatic carbocycles. The van der Waals surface area contributed by atoms with E-state index in [4.69, 9.17) is 0 Å². The van der Waals surface area contributed by atoms with Crippen LogP contribution in [0, 0.1) is 5.41 Å². The Hall–Kier alpha value is -0.850. The average molecular weight is 189 g/mol. The Labute approximate surface area is 86.6 Å². The SMILES string of the molecule is CC(C)(C)[C@@H]1CCCc2cnccc21. The fourth-order valence-electron chi connectivity index (χ4n) is 2.54. The number of nitrogens with zero attached hydrogens (tertiary/aromatic N) is 1. The van der Waals surface area contributed by atoms with Crippen molar-refractivity contribution in [1.82, 2.24) is 4.98 Å². The maximum atomic E-state index is 4.21. The van der Waals surface area contributed by atoms with E-state index in [1.807, 2.05) is 12.4 Å². The highest BCUT2D eigenvalue weighted by Gasteiger charge is 2.29. The summed E-state index contributed by atoms with van der Waals surface area (Å²) in [5.74, 6) is 0.717. The number of aryl methyl sites for hydroxylation is 1. The minimum absolute atomic E-state index is 0.385. The fourth-order valence-corrected chi connectivity index (χ4v) is 2.54. The largest absolute Gasteiger partial charge is 0.264 e. The molecule has 1 nitrogen and oxygen atoms in total. The van der Waals surface area contributed by atoms with Crippen LogP contribution in [0.15, 0.2) is 18.5 Å². The summed E-state index contributed by atoms with van der Waals surface area (Å²) < 4.78 is 0. The zero-order valence-corrected chi connectivity index (χ0v) is 9.38. The number of aromatic nitrogens is 1. The molecule has 0 radical (unpaired) electrons. The first kappa shape index (κ1) is 9.70. The number of hydrogen-bond donors (Lipinski definition) is 0. The summed E-state index contributed by atoms with van der Waals surface area (Å²) >= 11 is 0. The molecule has 0 aliphatic heterocycles. The molecule has 2 rings (SSSR count). The van der Waals surface area contributed by atoms with E-state index in [0.717, 1.165) is 0 Å². The highest BCUT2D eigenvalue weighted by Crippen LogP contribution is 2.42. The summed E-state index contributed by atoms with van der Waals surface area (Å²) in [7, 11) is 0. The molecule has 0 bridgehead atoms. The Balaban J connectivity index is 2.41. The van der Waals surface area contributed by atoms with Gasteiger partial charge < -0.3 is 0 Å². The third-order valence-corrected chi connectivity index (χ3v) is 3.30. The lowest BCUT2D eigenvalue weighted by molar-refractivity contribution is 0.289. The van der Waals surface area contributed by atoms with Crippen LogP contribution in [0.25, 0.3) is 0 Å². The molecule has 0 saturated heterocycles. The van der Waals surface area contributed by atoms with Crippen LogP contribution in [0.3, 0.4) is 0 Å². The van der Waals surface area contributed by atoms with E-state index in [1.165, 1.54) is 24.8 Å². The van der Waals surface area contributed by atoms with Crippen molar-refractivity contribution in [3.05, 3.63) is 29.6 Å². The second kappa shape index (κ2) is 3.38. The van der Waals surface area contributed by atoms with Gasteiger partial charge in [-0.3, -0.25) is 4.98 Å². The van der Waals surface area contributed by atoms with Crippen molar-refractivity contribution in [2.45, 2.75) is 46.0 Å². The Morgan fingerprint density at radius 3 is 2.86 bits per heavy atom. The van der Waals surface area contributed by atoms with Crippen LogP contribution in [-0.4, -0.2) is 4.98 Å². The van der Waals surface area contributed by atoms with E-state index in [-0.39, 0.29) is 0 Å². The normalized spacial score (nSPS) is 21.8. The van der Waals surface area contributed by atoms with Gasteiger partial charge in [0.05, 0.1) is 0 Å². The van der Waals surface area contributed by atoms with Gasteiger partial charge in [0.1, 0.15) is 0 Å². The monoisotopic (exact) mass is 189 g/mol. The molecule has 0 N–H and O–H groups in total. The molecule has 0 amide bonds. The molecule has 1 aromatic heterocycles. The highest BCUT2D eigenvalue weighted by molar-refractivity contribution is 5.30. The molecule has 0 spiro atoms. The number of pyridine rings is 1. The summed E-state index contributed by atoms with van der Waals surface area (Å²) in [6.45, 7) is 7.02. The lowest BCUT2D eigenvalue weighted by Gasteiger charge is -2.35. The zero-order chi connectivity index (χ0) is 10.2. The Morgan fingerprint density at radius 2 is 2.14 bits per heavy atom. The van der Waals surface area contributed by atoms with Crippen molar-refractivity contribution in [2.24, 2.45) is 5.41 Å². The zero-order valence-electron chi connectivity index (χ0n) is 9.38. The van der Waals surface area contributed by atoms with Gasteiger partial charge in [-0.2, -0.15) is 0 Å². The molecule has 1 heteroatoms. The van der Waals surface area contributed by atoms with Gasteiger partial charge in [-0.25, -0.2) is 0 Å². The molecule has 1 aromatic rings. The quantitative estimate of drug-likeness (QED) is 0.608. The van der Waals surface area contributed by atoms with Crippen molar-refractivity contribution in [3.63, 3.8) is 0 Å². The minimum Gasteiger partial charge on any atom is -0.264 e. The Bertz CT molecular complexity index is 322. The van der Waals surface area contributed by atoms with Crippen molar-refractivity contribution in [1.29, 1.82) is 0 Å². The van der Waals surface area contributed by atoms with Crippen molar-refractivity contribution in [3.8, 4) is 0 Å². The Kier molecular flexibility index (Phi) is 2.34. The van der Waals surface area contributed by atoms with Crippen LogP contribution in [0.1, 0.15) is 50.7 Å². The Morgan fingerprint density at radius 1 is 1.36 bits per heavy atom. The molecule has 0 unspecified atom stereocenters. The van der Waals surface area contributed by atoms with E-state index in [2.05, 4.69) is 31.8 Å². The first-order chi connectivity index (χ1) is 6.59. The maximum Gasteiger partial charge on any atom is 0.0302 e. The van der Waals surface area contributed by atoms with E-state index in [9.17, 15) is 0 Å². The predicted molar refractivity (Wildman–Crippen MR) is 59.4 cm³/mol. The molecule has 14 heavy (non-hydrogen) atoms. The van der Waals surface area contributed by atoms with Crippen molar-refractivity contribution < 1.29 is 0 Å². The number of rotatable bonds is 0. The molecule has 1 aliphatic rings. The summed E-state index contributed by atoms with van der Waals surface area (Å²) in [6, 6.07) is 2.21. The highest BCUT2D eigenvalue weighted by atomic mass is 14.6. The van der Waals surface area contributed by atoms with Crippen LogP contribution < -0.4 is 0 Å². The molecule has 0 fully saturated rings. The second-order valence-electron chi connectivity index (χ2n) is 5.39. The fraction of sp³-hybridized carbons (Fsp3) is 0.615. The van der Waals surface area contributed by atoms with Gasteiger partial charge in [-0.1, -0.05) is 20.8 Å². The topological polar surface area (TPSA) is 12.9 Å². The molecule has 0 saturated carbocycles. The van der Waals surface area contributed by atoms with Gasteiger partial charge in [0.2, 0.25) is 0 Å². The van der Waals surface area contributed by atoms with E-state index in [1.54, 1.807) is 5.56 Å². The molecule has 1 atom stereocenters. The molecule has 1 heterocycles. The first-order valence-electron chi connectivity index (χ1n) is 5.52. The standard InChI is InChI=1S/C13H19N/c1-13(2,3)12-6-4-5-10-9-14-8-7-11(10)12/h7-9,12H,4-6H2,1-3H3/t12-/m1/s1. The molecular formula is C13H19N. The summed E-state index contributed by atoms with van der Waals surface area (Å²) in [5.41, 5.74) is 3.40. The van der Waals surface area contributed by atoms with Crippen LogP contribution in [-0.2, 0) is 6.42 Å².